The third-order valence-corrected chi connectivity index (χ3v) is 5.63. The molecule has 0 saturated carbocycles. The number of hydrogen-bond donors (Lipinski definition) is 1. The summed E-state index contributed by atoms with van der Waals surface area (Å²) in [5, 5.41) is 4.89. The van der Waals surface area contributed by atoms with Crippen molar-refractivity contribution in [1.82, 2.24) is 10.2 Å². The van der Waals surface area contributed by atoms with E-state index in [1.54, 1.807) is 0 Å². The van der Waals surface area contributed by atoms with E-state index in [4.69, 9.17) is 4.74 Å². The van der Waals surface area contributed by atoms with Crippen LogP contribution in [0, 0.1) is 6.92 Å². The fourth-order valence-corrected chi connectivity index (χ4v) is 4.16. The maximum atomic E-state index is 13.1. The molecule has 1 aliphatic heterocycles. The Labute approximate surface area is 170 Å². The molecule has 150 valence electrons. The zero-order chi connectivity index (χ0) is 20.3. The number of carbonyl (C=O) groups excluding carboxylic acids is 2. The maximum Gasteiger partial charge on any atom is 0.407 e. The Kier molecular flexibility index (Phi) is 6.08. The lowest BCUT2D eigenvalue weighted by molar-refractivity contribution is 0.0474. The van der Waals surface area contributed by atoms with Crippen LogP contribution in [0.15, 0.2) is 35.7 Å². The van der Waals surface area contributed by atoms with Crippen molar-refractivity contribution < 1.29 is 14.3 Å². The van der Waals surface area contributed by atoms with Gasteiger partial charge in [0, 0.05) is 24.7 Å². The Balaban J connectivity index is 1.60. The number of likely N-dealkylation sites (tertiary alicyclic amines) is 1. The summed E-state index contributed by atoms with van der Waals surface area (Å²) in [5.74, 6) is 0.0706. The minimum absolute atomic E-state index is 0.0406. The van der Waals surface area contributed by atoms with Crippen LogP contribution in [-0.2, 0) is 4.74 Å². The molecule has 3 rings (SSSR count). The second-order valence-corrected chi connectivity index (χ2v) is 9.16. The van der Waals surface area contributed by atoms with E-state index in [1.165, 1.54) is 16.9 Å². The number of piperidine rings is 1. The number of aryl methyl sites for hydroxylation is 1. The average molecular weight is 401 g/mol. The van der Waals surface area contributed by atoms with Crippen LogP contribution in [0.1, 0.15) is 48.8 Å². The van der Waals surface area contributed by atoms with Gasteiger partial charge in [0.1, 0.15) is 5.60 Å². The van der Waals surface area contributed by atoms with Gasteiger partial charge in [-0.05, 0) is 57.5 Å². The number of ether oxygens (including phenoxy) is 1. The molecule has 1 aliphatic rings. The molecule has 1 fully saturated rings. The molecule has 0 aliphatic carbocycles. The Bertz CT molecular complexity index is 828. The first kappa shape index (κ1) is 20.4. The summed E-state index contributed by atoms with van der Waals surface area (Å²) in [5.41, 5.74) is 2.75. The first-order chi connectivity index (χ1) is 13.2. The molecule has 5 nitrogen and oxygen atoms in total. The Morgan fingerprint density at radius 3 is 2.36 bits per heavy atom. The van der Waals surface area contributed by atoms with Gasteiger partial charge in [-0.3, -0.25) is 4.79 Å². The molecule has 0 atom stereocenters. The zero-order valence-corrected chi connectivity index (χ0v) is 17.8. The van der Waals surface area contributed by atoms with Gasteiger partial charge in [-0.15, -0.1) is 11.3 Å². The van der Waals surface area contributed by atoms with E-state index in [-0.39, 0.29) is 11.9 Å². The number of amides is 2. The normalized spacial score (nSPS) is 15.4. The third-order valence-electron chi connectivity index (χ3n) is 4.73. The first-order valence-corrected chi connectivity index (χ1v) is 10.5. The van der Waals surface area contributed by atoms with E-state index >= 15 is 0 Å². The third kappa shape index (κ3) is 5.13. The SMILES string of the molecule is Cc1ccc(-c2ccsc2C(=O)N2CCC(NC(=O)OC(C)(C)C)CC2)cc1. The predicted molar refractivity (Wildman–Crippen MR) is 113 cm³/mol. The minimum Gasteiger partial charge on any atom is -0.444 e. The second kappa shape index (κ2) is 8.35. The van der Waals surface area contributed by atoms with Gasteiger partial charge in [0.2, 0.25) is 0 Å². The van der Waals surface area contributed by atoms with Crippen molar-refractivity contribution in [2.45, 2.75) is 52.2 Å². The summed E-state index contributed by atoms with van der Waals surface area (Å²) in [7, 11) is 0. The Morgan fingerprint density at radius 2 is 1.75 bits per heavy atom. The van der Waals surface area contributed by atoms with Crippen LogP contribution in [0.3, 0.4) is 0 Å². The number of rotatable bonds is 3. The van der Waals surface area contributed by atoms with Crippen LogP contribution < -0.4 is 5.32 Å². The summed E-state index contributed by atoms with van der Waals surface area (Å²) in [6.07, 6.45) is 1.07. The van der Waals surface area contributed by atoms with Crippen LogP contribution in [-0.4, -0.2) is 41.6 Å². The molecule has 0 unspecified atom stereocenters. The molecule has 0 spiro atoms. The van der Waals surface area contributed by atoms with Gasteiger partial charge in [-0.25, -0.2) is 4.79 Å². The lowest BCUT2D eigenvalue weighted by atomic mass is 10.0. The molecular weight excluding hydrogens is 372 g/mol. The van der Waals surface area contributed by atoms with Gasteiger partial charge < -0.3 is 15.0 Å². The first-order valence-electron chi connectivity index (χ1n) is 9.66. The molecule has 6 heteroatoms. The molecular formula is C22H28N2O3S. The lowest BCUT2D eigenvalue weighted by Gasteiger charge is -2.32. The van der Waals surface area contributed by atoms with E-state index in [2.05, 4.69) is 36.5 Å². The van der Waals surface area contributed by atoms with E-state index in [1.807, 2.05) is 37.1 Å². The molecule has 1 aromatic heterocycles. The smallest absolute Gasteiger partial charge is 0.407 e. The number of nitrogens with zero attached hydrogens (tertiary/aromatic N) is 1. The fourth-order valence-electron chi connectivity index (χ4n) is 3.28. The Hall–Kier alpha value is -2.34. The molecule has 1 aromatic carbocycles. The molecule has 1 N–H and O–H groups in total. The molecule has 1 saturated heterocycles. The van der Waals surface area contributed by atoms with Gasteiger partial charge >= 0.3 is 6.09 Å². The molecule has 2 amide bonds. The van der Waals surface area contributed by atoms with Gasteiger partial charge in [0.15, 0.2) is 0 Å². The largest absolute Gasteiger partial charge is 0.444 e. The highest BCUT2D eigenvalue weighted by molar-refractivity contribution is 7.12. The Morgan fingerprint density at radius 1 is 1.11 bits per heavy atom. The standard InChI is InChI=1S/C22H28N2O3S/c1-15-5-7-16(8-6-15)18-11-14-28-19(18)20(25)24-12-9-17(10-13-24)23-21(26)27-22(2,3)4/h5-8,11,14,17H,9-10,12-13H2,1-4H3,(H,23,26). The number of benzene rings is 1. The zero-order valence-electron chi connectivity index (χ0n) is 17.0. The second-order valence-electron chi connectivity index (χ2n) is 8.24. The van der Waals surface area contributed by atoms with Gasteiger partial charge in [-0.2, -0.15) is 0 Å². The van der Waals surface area contributed by atoms with Crippen LogP contribution in [0.5, 0.6) is 0 Å². The van der Waals surface area contributed by atoms with Crippen molar-refractivity contribution in [3.8, 4) is 11.1 Å². The van der Waals surface area contributed by atoms with Crippen molar-refractivity contribution in [3.05, 3.63) is 46.2 Å². The molecule has 2 aromatic rings. The van der Waals surface area contributed by atoms with E-state index in [0.29, 0.717) is 13.1 Å². The van der Waals surface area contributed by atoms with Crippen molar-refractivity contribution >= 4 is 23.3 Å². The summed E-state index contributed by atoms with van der Waals surface area (Å²) in [6.45, 7) is 8.86. The van der Waals surface area contributed by atoms with Gasteiger partial charge in [0.05, 0.1) is 4.88 Å². The predicted octanol–water partition coefficient (Wildman–Crippen LogP) is 4.85. The van der Waals surface area contributed by atoms with E-state index in [9.17, 15) is 9.59 Å². The minimum atomic E-state index is -0.508. The van der Waals surface area contributed by atoms with E-state index < -0.39 is 11.7 Å². The van der Waals surface area contributed by atoms with Crippen molar-refractivity contribution in [2.24, 2.45) is 0 Å². The number of thiophene rings is 1. The molecule has 28 heavy (non-hydrogen) atoms. The van der Waals surface area contributed by atoms with E-state index in [0.717, 1.165) is 28.8 Å². The summed E-state index contributed by atoms with van der Waals surface area (Å²) in [6, 6.07) is 10.3. The number of nitrogens with one attached hydrogen (secondary N) is 1. The quantitative estimate of drug-likeness (QED) is 0.801. The maximum absolute atomic E-state index is 13.1. The van der Waals surface area contributed by atoms with Crippen molar-refractivity contribution in [1.29, 1.82) is 0 Å². The van der Waals surface area contributed by atoms with Crippen LogP contribution in [0.4, 0.5) is 4.79 Å². The monoisotopic (exact) mass is 400 g/mol. The molecule has 0 bridgehead atoms. The van der Waals surface area contributed by atoms with Crippen molar-refractivity contribution in [3.63, 3.8) is 0 Å². The van der Waals surface area contributed by atoms with Crippen molar-refractivity contribution in [2.75, 3.05) is 13.1 Å². The number of alkyl carbamates (subject to hydrolysis) is 1. The summed E-state index contributed by atoms with van der Waals surface area (Å²) in [4.78, 5) is 27.7. The number of hydrogen-bond acceptors (Lipinski definition) is 4. The number of carbonyl (C=O) groups is 2. The lowest BCUT2D eigenvalue weighted by Crippen LogP contribution is -2.47. The topological polar surface area (TPSA) is 58.6 Å². The summed E-state index contributed by atoms with van der Waals surface area (Å²) >= 11 is 1.49. The highest BCUT2D eigenvalue weighted by atomic mass is 32.1. The van der Waals surface area contributed by atoms with Crippen LogP contribution >= 0.6 is 11.3 Å². The molecule has 0 radical (unpaired) electrons. The highest BCUT2D eigenvalue weighted by Crippen LogP contribution is 2.30. The average Bonchev–Trinajstić information content (AvgIpc) is 3.10. The van der Waals surface area contributed by atoms with Gasteiger partial charge in [-0.1, -0.05) is 29.8 Å². The van der Waals surface area contributed by atoms with Gasteiger partial charge in [0.25, 0.3) is 5.91 Å². The van der Waals surface area contributed by atoms with Crippen LogP contribution in [0.2, 0.25) is 0 Å². The highest BCUT2D eigenvalue weighted by Gasteiger charge is 2.28. The van der Waals surface area contributed by atoms with Crippen LogP contribution in [0.25, 0.3) is 11.1 Å². The summed E-state index contributed by atoms with van der Waals surface area (Å²) < 4.78 is 5.32. The fraction of sp³-hybridized carbons (Fsp3) is 0.455. The molecule has 2 heterocycles.